The number of nitrogens with zero attached hydrogens (tertiary/aromatic N) is 6. The molecule has 0 saturated heterocycles. The molecule has 2 heterocycles. The molecule has 0 aliphatic rings. The average Bonchev–Trinajstić information content (AvgIpc) is 3.45. The van der Waals surface area contributed by atoms with E-state index in [0.29, 0.717) is 35.5 Å². The van der Waals surface area contributed by atoms with Crippen LogP contribution in [0.5, 0.6) is 0 Å². The maximum absolute atomic E-state index is 11.0. The molecule has 0 bridgehead atoms. The molecule has 4 aromatic rings. The average molecular weight is 442 g/mol. The molecule has 0 fully saturated rings. The van der Waals surface area contributed by atoms with Crippen molar-refractivity contribution in [2.45, 2.75) is 25.7 Å². The summed E-state index contributed by atoms with van der Waals surface area (Å²) in [6.07, 6.45) is 3.70. The Morgan fingerprint density at radius 1 is 0.656 bits per heavy atom. The Labute approximate surface area is 179 Å². The Morgan fingerprint density at radius 2 is 1.06 bits per heavy atom. The van der Waals surface area contributed by atoms with Gasteiger partial charge in [0.05, 0.1) is 21.2 Å². The first-order chi connectivity index (χ1) is 15.6. The lowest BCUT2D eigenvalue weighted by Crippen LogP contribution is -2.04. The maximum atomic E-state index is 11.0. The summed E-state index contributed by atoms with van der Waals surface area (Å²) in [6, 6.07) is 5.94. The second-order valence-corrected chi connectivity index (χ2v) is 6.97. The minimum atomic E-state index is -0.523. The molecule has 166 valence electrons. The number of unbranched alkanes of at least 4 members (excludes halogenated alkanes) is 3. The van der Waals surface area contributed by atoms with Crippen molar-refractivity contribution in [3.05, 3.63) is 44.5 Å². The summed E-state index contributed by atoms with van der Waals surface area (Å²) < 4.78 is 9.29. The fourth-order valence-corrected chi connectivity index (χ4v) is 3.34. The van der Waals surface area contributed by atoms with E-state index in [1.54, 1.807) is 12.1 Å². The zero-order valence-corrected chi connectivity index (χ0v) is 16.7. The number of hydrogen-bond donors (Lipinski definition) is 2. The monoisotopic (exact) mass is 442 g/mol. The van der Waals surface area contributed by atoms with Crippen LogP contribution >= 0.6 is 0 Å². The molecule has 0 amide bonds. The number of anilines is 2. The third-order valence-corrected chi connectivity index (χ3v) is 4.92. The highest BCUT2D eigenvalue weighted by Gasteiger charge is 2.20. The van der Waals surface area contributed by atoms with E-state index in [0.717, 1.165) is 25.7 Å². The van der Waals surface area contributed by atoms with E-state index in [9.17, 15) is 20.2 Å². The van der Waals surface area contributed by atoms with Crippen molar-refractivity contribution >= 4 is 44.8 Å². The lowest BCUT2D eigenvalue weighted by Gasteiger charge is -2.08. The van der Waals surface area contributed by atoms with Crippen molar-refractivity contribution in [1.82, 2.24) is 20.6 Å². The van der Waals surface area contributed by atoms with Crippen molar-refractivity contribution in [2.24, 2.45) is 0 Å². The van der Waals surface area contributed by atoms with Gasteiger partial charge in [0.15, 0.2) is 11.0 Å². The van der Waals surface area contributed by atoms with Gasteiger partial charge in [0, 0.05) is 25.2 Å². The highest BCUT2D eigenvalue weighted by atomic mass is 16.6. The lowest BCUT2D eigenvalue weighted by atomic mass is 10.1. The lowest BCUT2D eigenvalue weighted by molar-refractivity contribution is -0.383. The first kappa shape index (κ1) is 20.9. The number of nitro benzene ring substituents is 2. The van der Waals surface area contributed by atoms with Crippen LogP contribution in [0.3, 0.4) is 0 Å². The summed E-state index contributed by atoms with van der Waals surface area (Å²) in [7, 11) is 0. The smallest absolute Gasteiger partial charge is 0.300 e. The van der Waals surface area contributed by atoms with Crippen molar-refractivity contribution in [1.29, 1.82) is 0 Å². The zero-order chi connectivity index (χ0) is 22.5. The Kier molecular flexibility index (Phi) is 6.00. The van der Waals surface area contributed by atoms with Crippen LogP contribution in [0.15, 0.2) is 33.5 Å². The molecular weight excluding hydrogens is 424 g/mol. The standard InChI is InChI=1S/C18H18N8O6/c27-25(28)13-7-5-11(15-17(13)23-31-21-15)19-9-3-1-2-4-10-20-12-6-8-14(26(29)30)18-16(12)22-32-24-18/h5-8,19-20H,1-4,9-10H2. The van der Waals surface area contributed by atoms with Crippen LogP contribution in [0, 0.1) is 20.2 Å². The first-order valence-corrected chi connectivity index (χ1v) is 9.83. The maximum Gasteiger partial charge on any atom is 0.300 e. The summed E-state index contributed by atoms with van der Waals surface area (Å²) in [4.78, 5) is 21.0. The van der Waals surface area contributed by atoms with E-state index in [-0.39, 0.29) is 22.4 Å². The van der Waals surface area contributed by atoms with E-state index in [1.807, 2.05) is 0 Å². The van der Waals surface area contributed by atoms with Gasteiger partial charge in [-0.15, -0.1) is 0 Å². The van der Waals surface area contributed by atoms with Gasteiger partial charge >= 0.3 is 11.4 Å². The molecule has 0 atom stereocenters. The largest absolute Gasteiger partial charge is 0.383 e. The number of nitro groups is 2. The van der Waals surface area contributed by atoms with Crippen LogP contribution in [0.2, 0.25) is 0 Å². The molecule has 2 N–H and O–H groups in total. The number of aromatic nitrogens is 4. The SMILES string of the molecule is O=[N+]([O-])c1ccc(NCCCCCCNc2ccc([N+](=O)[O-])c3nonc23)c2nonc12. The topological polar surface area (TPSA) is 188 Å². The number of nitrogens with one attached hydrogen (secondary N) is 2. The van der Waals surface area contributed by atoms with Crippen LogP contribution in [0.25, 0.3) is 22.1 Å². The van der Waals surface area contributed by atoms with Gasteiger partial charge in [-0.3, -0.25) is 20.2 Å². The van der Waals surface area contributed by atoms with Crippen molar-refractivity contribution in [3.8, 4) is 0 Å². The number of non-ortho nitro benzene ring substituents is 2. The summed E-state index contributed by atoms with van der Waals surface area (Å²) in [5, 5.41) is 43.2. The van der Waals surface area contributed by atoms with Gasteiger partial charge in [-0.05, 0) is 45.6 Å². The fraction of sp³-hybridized carbons (Fsp3) is 0.333. The zero-order valence-electron chi connectivity index (χ0n) is 16.7. The second kappa shape index (κ2) is 9.20. The van der Waals surface area contributed by atoms with E-state index < -0.39 is 9.85 Å². The van der Waals surface area contributed by atoms with Crippen LogP contribution in [-0.4, -0.2) is 43.6 Å². The summed E-state index contributed by atoms with van der Waals surface area (Å²) >= 11 is 0. The van der Waals surface area contributed by atoms with Gasteiger partial charge in [-0.1, -0.05) is 12.8 Å². The van der Waals surface area contributed by atoms with Crippen LogP contribution in [0.4, 0.5) is 22.7 Å². The van der Waals surface area contributed by atoms with Gasteiger partial charge in [-0.25, -0.2) is 9.26 Å². The number of hydrogen-bond acceptors (Lipinski definition) is 12. The molecule has 0 spiro atoms. The molecule has 0 radical (unpaired) electrons. The Hall–Kier alpha value is -4.36. The summed E-state index contributed by atoms with van der Waals surface area (Å²) in [5.74, 6) is 0. The third kappa shape index (κ3) is 4.23. The quantitative estimate of drug-likeness (QED) is 0.195. The van der Waals surface area contributed by atoms with Crippen molar-refractivity contribution in [3.63, 3.8) is 0 Å². The summed E-state index contributed by atoms with van der Waals surface area (Å²) in [6.45, 7) is 1.33. The molecule has 0 unspecified atom stereocenters. The van der Waals surface area contributed by atoms with E-state index in [1.165, 1.54) is 12.1 Å². The van der Waals surface area contributed by atoms with Crippen molar-refractivity contribution in [2.75, 3.05) is 23.7 Å². The highest BCUT2D eigenvalue weighted by Crippen LogP contribution is 2.29. The van der Waals surface area contributed by atoms with Gasteiger partial charge in [0.25, 0.3) is 0 Å². The minimum absolute atomic E-state index is 0.119. The molecule has 4 rings (SSSR count). The van der Waals surface area contributed by atoms with Gasteiger partial charge in [-0.2, -0.15) is 0 Å². The van der Waals surface area contributed by atoms with E-state index in [2.05, 4.69) is 40.5 Å². The molecule has 14 heteroatoms. The molecule has 0 aliphatic heterocycles. The van der Waals surface area contributed by atoms with Crippen molar-refractivity contribution < 1.29 is 19.1 Å². The van der Waals surface area contributed by atoms with Gasteiger partial charge < -0.3 is 10.6 Å². The molecule has 32 heavy (non-hydrogen) atoms. The normalized spacial score (nSPS) is 11.1. The van der Waals surface area contributed by atoms with Crippen LogP contribution < -0.4 is 10.6 Å². The number of benzene rings is 2. The van der Waals surface area contributed by atoms with Gasteiger partial charge in [0.1, 0.15) is 0 Å². The predicted molar refractivity (Wildman–Crippen MR) is 112 cm³/mol. The Morgan fingerprint density at radius 3 is 1.47 bits per heavy atom. The van der Waals surface area contributed by atoms with Crippen LogP contribution in [-0.2, 0) is 0 Å². The molecule has 0 aliphatic carbocycles. The fourth-order valence-electron chi connectivity index (χ4n) is 3.34. The highest BCUT2D eigenvalue weighted by molar-refractivity contribution is 5.94. The predicted octanol–water partition coefficient (Wildman–Crippen LogP) is 3.66. The van der Waals surface area contributed by atoms with Crippen LogP contribution in [0.1, 0.15) is 25.7 Å². The minimum Gasteiger partial charge on any atom is -0.383 e. The Balaban J connectivity index is 1.20. The number of rotatable bonds is 11. The molecule has 14 nitrogen and oxygen atoms in total. The van der Waals surface area contributed by atoms with E-state index >= 15 is 0 Å². The Bertz CT molecular complexity index is 1170. The number of fused-ring (bicyclic) bond motifs is 2. The third-order valence-electron chi connectivity index (χ3n) is 4.92. The van der Waals surface area contributed by atoms with Gasteiger partial charge in [0.2, 0.25) is 11.0 Å². The molecule has 2 aromatic carbocycles. The first-order valence-electron chi connectivity index (χ1n) is 9.83. The second-order valence-electron chi connectivity index (χ2n) is 6.97. The molecule has 2 aromatic heterocycles. The molecular formula is C18H18N8O6. The summed E-state index contributed by atoms with van der Waals surface area (Å²) in [5.41, 5.74) is 1.88. The van der Waals surface area contributed by atoms with E-state index in [4.69, 9.17) is 0 Å². The molecule has 0 saturated carbocycles.